The zero-order valence-electron chi connectivity index (χ0n) is 13.0. The van der Waals surface area contributed by atoms with E-state index in [1.807, 2.05) is 13.0 Å². The van der Waals surface area contributed by atoms with Gasteiger partial charge in [0.1, 0.15) is 17.6 Å². The maximum absolute atomic E-state index is 13.0. The van der Waals surface area contributed by atoms with E-state index in [0.29, 0.717) is 11.3 Å². The van der Waals surface area contributed by atoms with Crippen molar-refractivity contribution in [3.8, 4) is 11.8 Å². The molecule has 1 unspecified atom stereocenters. The maximum atomic E-state index is 13.0. The summed E-state index contributed by atoms with van der Waals surface area (Å²) in [5.41, 5.74) is 1.22. The van der Waals surface area contributed by atoms with Crippen LogP contribution in [-0.2, 0) is 4.79 Å². The number of carbonyl (C=O) groups excluding carboxylic acids is 1. The van der Waals surface area contributed by atoms with E-state index in [4.69, 9.17) is 10.00 Å². The second-order valence-corrected chi connectivity index (χ2v) is 5.13. The average Bonchev–Trinajstić information content (AvgIpc) is 2.59. The lowest BCUT2D eigenvalue weighted by molar-refractivity contribution is -0.134. The summed E-state index contributed by atoms with van der Waals surface area (Å²) >= 11 is 0. The molecule has 0 bridgehead atoms. The highest BCUT2D eigenvalue weighted by Crippen LogP contribution is 2.20. The number of likely N-dealkylation sites (N-methyl/N-ethyl adjacent to an activating group) is 1. The summed E-state index contributed by atoms with van der Waals surface area (Å²) in [5.74, 6) is -0.160. The van der Waals surface area contributed by atoms with E-state index in [0.717, 1.165) is 5.56 Å². The Hall–Kier alpha value is -2.87. The number of amides is 1. The Morgan fingerprint density at radius 3 is 2.57 bits per heavy atom. The Bertz CT molecular complexity index is 723. The van der Waals surface area contributed by atoms with Crippen molar-refractivity contribution in [1.82, 2.24) is 4.90 Å². The van der Waals surface area contributed by atoms with Crippen molar-refractivity contribution in [2.24, 2.45) is 0 Å². The highest BCUT2D eigenvalue weighted by atomic mass is 19.1. The van der Waals surface area contributed by atoms with Crippen molar-refractivity contribution in [1.29, 1.82) is 5.26 Å². The van der Waals surface area contributed by atoms with Gasteiger partial charge in [-0.2, -0.15) is 5.26 Å². The molecule has 0 spiro atoms. The summed E-state index contributed by atoms with van der Waals surface area (Å²) in [4.78, 5) is 13.8. The number of benzene rings is 2. The van der Waals surface area contributed by atoms with Crippen LogP contribution in [0, 0.1) is 17.1 Å². The van der Waals surface area contributed by atoms with Gasteiger partial charge in [0, 0.05) is 7.05 Å². The molecule has 0 aliphatic carbocycles. The van der Waals surface area contributed by atoms with E-state index < -0.39 is 0 Å². The fourth-order valence-electron chi connectivity index (χ4n) is 2.11. The first kappa shape index (κ1) is 16.5. The van der Waals surface area contributed by atoms with Gasteiger partial charge < -0.3 is 9.64 Å². The third-order valence-corrected chi connectivity index (χ3v) is 3.69. The van der Waals surface area contributed by atoms with Crippen LogP contribution < -0.4 is 4.74 Å². The minimum Gasteiger partial charge on any atom is -0.482 e. The van der Waals surface area contributed by atoms with Crippen LogP contribution >= 0.6 is 0 Å². The van der Waals surface area contributed by atoms with E-state index in [1.54, 1.807) is 43.4 Å². The number of rotatable bonds is 5. The van der Waals surface area contributed by atoms with Crippen LogP contribution in [0.5, 0.6) is 5.75 Å². The molecular weight excluding hydrogens is 295 g/mol. The van der Waals surface area contributed by atoms with E-state index in [-0.39, 0.29) is 24.4 Å². The first-order chi connectivity index (χ1) is 11.0. The van der Waals surface area contributed by atoms with E-state index in [2.05, 4.69) is 0 Å². The Labute approximate surface area is 134 Å². The van der Waals surface area contributed by atoms with Gasteiger partial charge in [-0.25, -0.2) is 4.39 Å². The van der Waals surface area contributed by atoms with Gasteiger partial charge in [-0.1, -0.05) is 24.3 Å². The second-order valence-electron chi connectivity index (χ2n) is 5.13. The molecule has 1 amide bonds. The van der Waals surface area contributed by atoms with E-state index >= 15 is 0 Å². The lowest BCUT2D eigenvalue weighted by atomic mass is 10.1. The molecule has 0 aromatic heterocycles. The molecule has 0 aliphatic rings. The van der Waals surface area contributed by atoms with Gasteiger partial charge in [0.2, 0.25) is 0 Å². The van der Waals surface area contributed by atoms with Crippen molar-refractivity contribution in [3.05, 3.63) is 65.5 Å². The number of carbonyl (C=O) groups is 1. The van der Waals surface area contributed by atoms with Gasteiger partial charge in [-0.15, -0.1) is 0 Å². The minimum absolute atomic E-state index is 0.166. The molecule has 2 rings (SSSR count). The third-order valence-electron chi connectivity index (χ3n) is 3.69. The molecular formula is C18H17FN2O2. The third kappa shape index (κ3) is 4.07. The van der Waals surface area contributed by atoms with Crippen LogP contribution in [0.1, 0.15) is 24.1 Å². The highest BCUT2D eigenvalue weighted by Gasteiger charge is 2.18. The molecule has 2 aromatic carbocycles. The summed E-state index contributed by atoms with van der Waals surface area (Å²) in [7, 11) is 1.66. The van der Waals surface area contributed by atoms with Crippen LogP contribution in [0.4, 0.5) is 4.39 Å². The minimum atomic E-state index is -0.314. The van der Waals surface area contributed by atoms with Gasteiger partial charge >= 0.3 is 0 Å². The van der Waals surface area contributed by atoms with Crippen molar-refractivity contribution < 1.29 is 13.9 Å². The zero-order valence-corrected chi connectivity index (χ0v) is 13.0. The molecule has 0 saturated heterocycles. The standard InChI is InChI=1S/C18H17FN2O2/c1-13(14-7-9-16(19)10-8-14)21(2)18(22)12-23-17-6-4-3-5-15(17)11-20/h3-10,13H,12H2,1-2H3. The summed E-state index contributed by atoms with van der Waals surface area (Å²) in [6.45, 7) is 1.69. The van der Waals surface area contributed by atoms with Crippen LogP contribution in [0.25, 0.3) is 0 Å². The predicted molar refractivity (Wildman–Crippen MR) is 84.2 cm³/mol. The van der Waals surface area contributed by atoms with Crippen LogP contribution in [0.15, 0.2) is 48.5 Å². The van der Waals surface area contributed by atoms with E-state index in [9.17, 15) is 9.18 Å². The van der Waals surface area contributed by atoms with Gasteiger partial charge in [-0.3, -0.25) is 4.79 Å². The van der Waals surface area contributed by atoms with Gasteiger partial charge in [0.05, 0.1) is 11.6 Å². The van der Waals surface area contributed by atoms with Crippen molar-refractivity contribution >= 4 is 5.91 Å². The first-order valence-electron chi connectivity index (χ1n) is 7.16. The van der Waals surface area contributed by atoms with Crippen LogP contribution in [0.2, 0.25) is 0 Å². The van der Waals surface area contributed by atoms with Crippen LogP contribution in [0.3, 0.4) is 0 Å². The lowest BCUT2D eigenvalue weighted by Crippen LogP contribution is -2.33. The fraction of sp³-hybridized carbons (Fsp3) is 0.222. The normalized spacial score (nSPS) is 11.4. The molecule has 1 atom stereocenters. The molecule has 118 valence electrons. The van der Waals surface area contributed by atoms with Crippen molar-refractivity contribution in [2.45, 2.75) is 13.0 Å². The van der Waals surface area contributed by atoms with Crippen molar-refractivity contribution in [2.75, 3.05) is 13.7 Å². The zero-order chi connectivity index (χ0) is 16.8. The molecule has 5 heteroatoms. The summed E-state index contributed by atoms with van der Waals surface area (Å²) in [5, 5.41) is 9.00. The molecule has 0 saturated carbocycles. The quantitative estimate of drug-likeness (QED) is 0.851. The number of ether oxygens (including phenoxy) is 1. The molecule has 0 fully saturated rings. The van der Waals surface area contributed by atoms with E-state index in [1.165, 1.54) is 17.0 Å². The molecule has 23 heavy (non-hydrogen) atoms. The topological polar surface area (TPSA) is 53.3 Å². The van der Waals surface area contributed by atoms with Crippen LogP contribution in [-0.4, -0.2) is 24.5 Å². The number of hydrogen-bond donors (Lipinski definition) is 0. The number of nitrogens with zero attached hydrogens (tertiary/aromatic N) is 2. The lowest BCUT2D eigenvalue weighted by Gasteiger charge is -2.25. The SMILES string of the molecule is CC(c1ccc(F)cc1)N(C)C(=O)COc1ccccc1C#N. The predicted octanol–water partition coefficient (Wildman–Crippen LogP) is 3.30. The fourth-order valence-corrected chi connectivity index (χ4v) is 2.11. The first-order valence-corrected chi connectivity index (χ1v) is 7.16. The maximum Gasteiger partial charge on any atom is 0.260 e. The molecule has 0 heterocycles. The molecule has 0 aliphatic heterocycles. The summed E-state index contributed by atoms with van der Waals surface area (Å²) in [6.07, 6.45) is 0. The summed E-state index contributed by atoms with van der Waals surface area (Å²) in [6, 6.07) is 14.6. The highest BCUT2D eigenvalue weighted by molar-refractivity contribution is 5.78. The Kier molecular flexibility index (Phi) is 5.32. The Balaban J connectivity index is 2.00. The molecule has 0 N–H and O–H groups in total. The number of para-hydroxylation sites is 1. The second kappa shape index (κ2) is 7.41. The van der Waals surface area contributed by atoms with Gasteiger partial charge in [0.25, 0.3) is 5.91 Å². The average molecular weight is 312 g/mol. The Morgan fingerprint density at radius 2 is 1.91 bits per heavy atom. The number of nitriles is 1. The van der Waals surface area contributed by atoms with Crippen molar-refractivity contribution in [3.63, 3.8) is 0 Å². The Morgan fingerprint density at radius 1 is 1.26 bits per heavy atom. The number of halogens is 1. The molecule has 2 aromatic rings. The summed E-state index contributed by atoms with van der Waals surface area (Å²) < 4.78 is 18.4. The molecule has 0 radical (unpaired) electrons. The largest absolute Gasteiger partial charge is 0.482 e. The van der Waals surface area contributed by atoms with Gasteiger partial charge in [-0.05, 0) is 36.8 Å². The van der Waals surface area contributed by atoms with Gasteiger partial charge in [0.15, 0.2) is 6.61 Å². The molecule has 4 nitrogen and oxygen atoms in total. The number of hydrogen-bond acceptors (Lipinski definition) is 3. The monoisotopic (exact) mass is 312 g/mol. The smallest absolute Gasteiger partial charge is 0.260 e.